The Bertz CT molecular complexity index is 1610. The van der Waals surface area contributed by atoms with Crippen molar-refractivity contribution in [2.75, 3.05) is 18.9 Å². The van der Waals surface area contributed by atoms with E-state index in [2.05, 4.69) is 21.6 Å². The SMILES string of the molecule is CCCC[C@H](CO[P@@](=O)(N[C@@H](C)C(=O)OC(C)C)Oc1ccc(Cl)cc1)n1c(COCC)nc2c(N)nc3ccccc3c21. The molecule has 0 unspecified atom stereocenters. The number of unbranched alkanes of at least 4 members (excludes halogenated alkanes) is 1. The number of benzene rings is 2. The summed E-state index contributed by atoms with van der Waals surface area (Å²) < 4.78 is 39.6. The molecular formula is C31H41ClN5O6P. The summed E-state index contributed by atoms with van der Waals surface area (Å²) >= 11 is 6.05. The van der Waals surface area contributed by atoms with Crippen LogP contribution >= 0.6 is 19.3 Å². The normalized spacial score (nSPS) is 14.5. The highest BCUT2D eigenvalue weighted by Gasteiger charge is 2.34. The zero-order valence-electron chi connectivity index (χ0n) is 25.8. The molecule has 0 aliphatic carbocycles. The number of hydrogen-bond donors (Lipinski definition) is 2. The minimum Gasteiger partial charge on any atom is -0.462 e. The Hall–Kier alpha value is -3.21. The van der Waals surface area contributed by atoms with E-state index < -0.39 is 19.8 Å². The summed E-state index contributed by atoms with van der Waals surface area (Å²) in [7, 11) is -4.15. The lowest BCUT2D eigenvalue weighted by Gasteiger charge is -2.27. The third-order valence-electron chi connectivity index (χ3n) is 6.85. The van der Waals surface area contributed by atoms with Gasteiger partial charge in [-0.25, -0.2) is 14.5 Å². The first-order valence-corrected chi connectivity index (χ1v) is 16.8. The molecule has 0 spiro atoms. The second kappa shape index (κ2) is 15.2. The minimum atomic E-state index is -4.15. The molecule has 3 atom stereocenters. The quantitative estimate of drug-likeness (QED) is 0.0948. The maximum absolute atomic E-state index is 14.3. The number of pyridine rings is 1. The van der Waals surface area contributed by atoms with Crippen molar-refractivity contribution in [3.05, 3.63) is 59.4 Å². The van der Waals surface area contributed by atoms with Gasteiger partial charge in [0.1, 0.15) is 29.7 Å². The number of halogens is 1. The predicted molar refractivity (Wildman–Crippen MR) is 173 cm³/mol. The zero-order valence-corrected chi connectivity index (χ0v) is 27.4. The van der Waals surface area contributed by atoms with Gasteiger partial charge in [0.15, 0.2) is 5.82 Å². The Morgan fingerprint density at radius 3 is 2.50 bits per heavy atom. The number of para-hydroxylation sites is 1. The van der Waals surface area contributed by atoms with Gasteiger partial charge in [0.2, 0.25) is 0 Å². The lowest BCUT2D eigenvalue weighted by atomic mass is 10.1. The molecule has 2 heterocycles. The number of rotatable bonds is 16. The number of nitrogens with two attached hydrogens (primary N) is 1. The molecule has 0 fully saturated rings. The number of carbonyl (C=O) groups is 1. The number of nitrogens with one attached hydrogen (secondary N) is 1. The first-order chi connectivity index (χ1) is 21.0. The molecule has 4 rings (SSSR count). The maximum atomic E-state index is 14.3. The van der Waals surface area contributed by atoms with E-state index >= 15 is 0 Å². The standard InChI is InChI=1S/C31H41ClN5O6P/c1-6-8-11-23(37-27(19-40-7-2)35-28-29(37)25-12-9-10-13-26(25)34-30(28)33)18-41-44(39,36-21(5)31(38)42-20(3)4)43-24-16-14-22(32)15-17-24/h9-10,12-17,20-21,23H,6-8,11,18-19H2,1-5H3,(H2,33,34)(H,36,39)/t21-,23+,44-/m0/s1. The minimum absolute atomic E-state index is 0.0368. The highest BCUT2D eigenvalue weighted by atomic mass is 35.5. The van der Waals surface area contributed by atoms with E-state index in [1.54, 1.807) is 45.0 Å². The van der Waals surface area contributed by atoms with Gasteiger partial charge >= 0.3 is 13.7 Å². The number of ether oxygens (including phenoxy) is 2. The Labute approximate surface area is 263 Å². The second-order valence-electron chi connectivity index (χ2n) is 10.7. The third kappa shape index (κ3) is 8.28. The molecular weight excluding hydrogens is 605 g/mol. The summed E-state index contributed by atoms with van der Waals surface area (Å²) in [4.78, 5) is 22.1. The molecule has 0 saturated heterocycles. The zero-order chi connectivity index (χ0) is 31.9. The monoisotopic (exact) mass is 645 g/mol. The Morgan fingerprint density at radius 2 is 1.82 bits per heavy atom. The van der Waals surface area contributed by atoms with E-state index in [9.17, 15) is 9.36 Å². The molecule has 238 valence electrons. The van der Waals surface area contributed by atoms with Crippen molar-refractivity contribution in [3.8, 4) is 5.75 Å². The Kier molecular flexibility index (Phi) is 11.6. The van der Waals surface area contributed by atoms with Gasteiger partial charge in [-0.05, 0) is 64.4 Å². The van der Waals surface area contributed by atoms with Crippen molar-refractivity contribution in [2.24, 2.45) is 0 Å². The van der Waals surface area contributed by atoms with Gasteiger partial charge in [0.05, 0.1) is 29.8 Å². The number of fused-ring (bicyclic) bond motifs is 3. The van der Waals surface area contributed by atoms with Gasteiger partial charge in [0, 0.05) is 17.0 Å². The average Bonchev–Trinajstić information content (AvgIpc) is 3.37. The average molecular weight is 646 g/mol. The van der Waals surface area contributed by atoms with Gasteiger partial charge < -0.3 is 24.3 Å². The Morgan fingerprint density at radius 1 is 1.09 bits per heavy atom. The first kappa shape index (κ1) is 33.7. The molecule has 13 heteroatoms. The molecule has 0 bridgehead atoms. The summed E-state index contributed by atoms with van der Waals surface area (Å²) in [6.07, 6.45) is 2.10. The fraction of sp³-hybridized carbons (Fsp3) is 0.452. The highest BCUT2D eigenvalue weighted by Crippen LogP contribution is 2.46. The van der Waals surface area contributed by atoms with Crippen LogP contribution < -0.4 is 15.3 Å². The number of nitrogen functional groups attached to an aromatic ring is 1. The van der Waals surface area contributed by atoms with Crippen LogP contribution in [-0.2, 0) is 30.0 Å². The summed E-state index contributed by atoms with van der Waals surface area (Å²) in [6, 6.07) is 12.8. The van der Waals surface area contributed by atoms with E-state index in [0.717, 1.165) is 29.3 Å². The van der Waals surface area contributed by atoms with Crippen molar-refractivity contribution in [2.45, 2.75) is 78.7 Å². The van der Waals surface area contributed by atoms with E-state index in [-0.39, 0.29) is 31.1 Å². The van der Waals surface area contributed by atoms with Crippen molar-refractivity contribution >= 4 is 53.1 Å². The third-order valence-corrected chi connectivity index (χ3v) is 8.75. The first-order valence-electron chi connectivity index (χ1n) is 14.9. The lowest BCUT2D eigenvalue weighted by molar-refractivity contribution is -0.149. The summed E-state index contributed by atoms with van der Waals surface area (Å²) in [6.45, 7) is 9.73. The number of hydrogen-bond acceptors (Lipinski definition) is 9. The molecule has 0 saturated carbocycles. The molecule has 44 heavy (non-hydrogen) atoms. The molecule has 0 aliphatic heterocycles. The van der Waals surface area contributed by atoms with Gasteiger partial charge in [-0.2, -0.15) is 5.09 Å². The van der Waals surface area contributed by atoms with Crippen molar-refractivity contribution < 1.29 is 27.9 Å². The van der Waals surface area contributed by atoms with Gasteiger partial charge in [-0.15, -0.1) is 0 Å². The smallest absolute Gasteiger partial charge is 0.459 e. The summed E-state index contributed by atoms with van der Waals surface area (Å²) in [5, 5.41) is 4.13. The van der Waals surface area contributed by atoms with Crippen LogP contribution in [0.15, 0.2) is 48.5 Å². The van der Waals surface area contributed by atoms with E-state index in [1.807, 2.05) is 31.2 Å². The molecule has 11 nitrogen and oxygen atoms in total. The number of nitrogens with zero attached hydrogens (tertiary/aromatic N) is 3. The topological polar surface area (TPSA) is 140 Å². The van der Waals surface area contributed by atoms with Crippen LogP contribution in [0.3, 0.4) is 0 Å². The predicted octanol–water partition coefficient (Wildman–Crippen LogP) is 7.22. The van der Waals surface area contributed by atoms with Crippen LogP contribution in [0.25, 0.3) is 21.9 Å². The summed E-state index contributed by atoms with van der Waals surface area (Å²) in [5.41, 5.74) is 8.49. The van der Waals surface area contributed by atoms with E-state index in [4.69, 9.17) is 40.8 Å². The van der Waals surface area contributed by atoms with Gasteiger partial charge in [-0.3, -0.25) is 9.32 Å². The van der Waals surface area contributed by atoms with E-state index in [1.165, 1.54) is 0 Å². The molecule has 4 aromatic rings. The Balaban J connectivity index is 1.76. The fourth-order valence-corrected chi connectivity index (χ4v) is 6.47. The van der Waals surface area contributed by atoms with Crippen LogP contribution in [0, 0.1) is 0 Å². The number of carbonyl (C=O) groups excluding carboxylic acids is 1. The van der Waals surface area contributed by atoms with Crippen LogP contribution in [0.5, 0.6) is 5.75 Å². The number of aromatic nitrogens is 3. The van der Waals surface area contributed by atoms with Crippen LogP contribution in [-0.4, -0.2) is 45.9 Å². The number of esters is 1. The fourth-order valence-electron chi connectivity index (χ4n) is 4.82. The van der Waals surface area contributed by atoms with Crippen molar-refractivity contribution in [1.29, 1.82) is 0 Å². The van der Waals surface area contributed by atoms with E-state index in [0.29, 0.717) is 35.2 Å². The maximum Gasteiger partial charge on any atom is 0.459 e. The molecule has 0 amide bonds. The van der Waals surface area contributed by atoms with Crippen molar-refractivity contribution in [3.63, 3.8) is 0 Å². The van der Waals surface area contributed by atoms with Crippen LogP contribution in [0.1, 0.15) is 65.7 Å². The largest absolute Gasteiger partial charge is 0.462 e. The second-order valence-corrected chi connectivity index (χ2v) is 12.8. The number of imidazole rings is 1. The molecule has 0 aliphatic rings. The molecule has 0 radical (unpaired) electrons. The molecule has 2 aromatic carbocycles. The van der Waals surface area contributed by atoms with Crippen LogP contribution in [0.2, 0.25) is 5.02 Å². The van der Waals surface area contributed by atoms with Crippen molar-refractivity contribution in [1.82, 2.24) is 19.6 Å². The number of anilines is 1. The van der Waals surface area contributed by atoms with Gasteiger partial charge in [-0.1, -0.05) is 49.6 Å². The molecule has 2 aromatic heterocycles. The van der Waals surface area contributed by atoms with Gasteiger partial charge in [0.25, 0.3) is 0 Å². The highest BCUT2D eigenvalue weighted by molar-refractivity contribution is 7.52. The lowest BCUT2D eigenvalue weighted by Crippen LogP contribution is -2.36. The molecule has 3 N–H and O–H groups in total. The van der Waals surface area contributed by atoms with Crippen LogP contribution in [0.4, 0.5) is 5.82 Å². The summed E-state index contributed by atoms with van der Waals surface area (Å²) in [5.74, 6) is 0.628.